The van der Waals surface area contributed by atoms with Gasteiger partial charge in [-0.3, -0.25) is 14.4 Å². The van der Waals surface area contributed by atoms with Crippen molar-refractivity contribution in [3.63, 3.8) is 0 Å². The summed E-state index contributed by atoms with van der Waals surface area (Å²) in [6.45, 7) is 0. The van der Waals surface area contributed by atoms with Gasteiger partial charge in [0.05, 0.1) is 11.1 Å². The number of fused-ring (bicyclic) bond motifs is 3. The molecule has 0 unspecified atom stereocenters. The van der Waals surface area contributed by atoms with Crippen LogP contribution in [0.4, 0.5) is 0 Å². The van der Waals surface area contributed by atoms with Gasteiger partial charge in [0.2, 0.25) is 0 Å². The van der Waals surface area contributed by atoms with E-state index in [2.05, 4.69) is 0 Å². The number of ketones is 3. The van der Waals surface area contributed by atoms with Crippen LogP contribution >= 0.6 is 0 Å². The predicted molar refractivity (Wildman–Crippen MR) is 138 cm³/mol. The quantitative estimate of drug-likeness (QED) is 0.269. The molecule has 0 saturated carbocycles. The molecular weight excluding hydrogens is 436 g/mol. The zero-order valence-electron chi connectivity index (χ0n) is 18.6. The number of benzene rings is 3. The lowest BCUT2D eigenvalue weighted by Gasteiger charge is -2.02. The van der Waals surface area contributed by atoms with Crippen molar-refractivity contribution >= 4 is 33.9 Å². The standard InChI is InChI=1S/C31H20O4/c32-28-22-14-10-11-15-23(22)29(33)24(28)16-6-4-2-1-3-5-7-17-25-30(34)26-18-20-12-8-9-13-21(20)19-27(26)31(25)35/h1-19,34H/b2-1+,5-3+,6-4+,17-7+. The molecule has 0 aromatic heterocycles. The SMILES string of the molecule is O=C1C(=C/C=C/C=C/C=C/C=C/C2=C(O)c3cc4ccccc4cc3C2=O)C(=O)c2ccccc21. The second-order valence-corrected chi connectivity index (χ2v) is 8.13. The molecule has 0 spiro atoms. The molecule has 2 aliphatic carbocycles. The molecule has 5 rings (SSSR count). The van der Waals surface area contributed by atoms with Crippen molar-refractivity contribution < 1.29 is 19.5 Å². The van der Waals surface area contributed by atoms with Gasteiger partial charge in [0.25, 0.3) is 0 Å². The maximum atomic E-state index is 12.7. The van der Waals surface area contributed by atoms with Crippen LogP contribution < -0.4 is 0 Å². The fourth-order valence-electron chi connectivity index (χ4n) is 4.22. The third-order valence-electron chi connectivity index (χ3n) is 5.98. The minimum Gasteiger partial charge on any atom is -0.507 e. The van der Waals surface area contributed by atoms with Crippen LogP contribution in [-0.4, -0.2) is 22.5 Å². The van der Waals surface area contributed by atoms with Crippen molar-refractivity contribution in [3.05, 3.63) is 149 Å². The summed E-state index contributed by atoms with van der Waals surface area (Å²) in [7, 11) is 0. The Balaban J connectivity index is 1.21. The van der Waals surface area contributed by atoms with Crippen LogP contribution in [0.3, 0.4) is 0 Å². The topological polar surface area (TPSA) is 71.4 Å². The molecule has 0 saturated heterocycles. The highest BCUT2D eigenvalue weighted by molar-refractivity contribution is 6.39. The molecule has 0 fully saturated rings. The van der Waals surface area contributed by atoms with Crippen LogP contribution in [0.2, 0.25) is 0 Å². The molecule has 0 heterocycles. The number of hydrogen-bond donors (Lipinski definition) is 1. The number of hydrogen-bond acceptors (Lipinski definition) is 4. The lowest BCUT2D eigenvalue weighted by molar-refractivity contribution is 0.0986. The van der Waals surface area contributed by atoms with Crippen molar-refractivity contribution in [1.29, 1.82) is 0 Å². The lowest BCUT2D eigenvalue weighted by Crippen LogP contribution is -1.99. The first-order valence-electron chi connectivity index (χ1n) is 11.1. The predicted octanol–water partition coefficient (Wildman–Crippen LogP) is 6.54. The first kappa shape index (κ1) is 22.0. The van der Waals surface area contributed by atoms with E-state index in [1.54, 1.807) is 72.9 Å². The Morgan fingerprint density at radius 2 is 1.06 bits per heavy atom. The van der Waals surface area contributed by atoms with E-state index < -0.39 is 0 Å². The van der Waals surface area contributed by atoms with Gasteiger partial charge in [-0.1, -0.05) is 91.1 Å². The van der Waals surface area contributed by atoms with E-state index in [0.29, 0.717) is 22.3 Å². The highest BCUT2D eigenvalue weighted by atomic mass is 16.3. The van der Waals surface area contributed by atoms with E-state index in [1.165, 1.54) is 6.08 Å². The number of carbonyl (C=O) groups excluding carboxylic acids is 3. The van der Waals surface area contributed by atoms with Gasteiger partial charge in [0.15, 0.2) is 17.3 Å². The molecule has 3 aromatic rings. The van der Waals surface area contributed by atoms with Gasteiger partial charge in [0.1, 0.15) is 5.76 Å². The van der Waals surface area contributed by atoms with Gasteiger partial charge in [-0.25, -0.2) is 0 Å². The van der Waals surface area contributed by atoms with E-state index in [9.17, 15) is 19.5 Å². The third kappa shape index (κ3) is 4.02. The number of carbonyl (C=O) groups is 3. The summed E-state index contributed by atoms with van der Waals surface area (Å²) in [5.41, 5.74) is 2.38. The minimum absolute atomic E-state index is 0.00919. The molecule has 0 atom stereocenters. The first-order chi connectivity index (χ1) is 17.1. The van der Waals surface area contributed by atoms with Gasteiger partial charge in [0, 0.05) is 22.3 Å². The monoisotopic (exact) mass is 456 g/mol. The Bertz CT molecular complexity index is 1550. The highest BCUT2D eigenvalue weighted by Gasteiger charge is 2.32. The summed E-state index contributed by atoms with van der Waals surface area (Å²) in [5.74, 6) is -0.709. The van der Waals surface area contributed by atoms with Crippen molar-refractivity contribution in [3.8, 4) is 0 Å². The maximum Gasteiger partial charge on any atom is 0.197 e. The van der Waals surface area contributed by atoms with E-state index >= 15 is 0 Å². The molecular formula is C31H20O4. The van der Waals surface area contributed by atoms with Crippen LogP contribution in [0.25, 0.3) is 16.5 Å². The van der Waals surface area contributed by atoms with Crippen molar-refractivity contribution in [2.75, 3.05) is 0 Å². The Morgan fingerprint density at radius 1 is 0.543 bits per heavy atom. The number of allylic oxidation sites excluding steroid dienone is 11. The van der Waals surface area contributed by atoms with Crippen molar-refractivity contribution in [1.82, 2.24) is 0 Å². The van der Waals surface area contributed by atoms with Gasteiger partial charge >= 0.3 is 0 Å². The average Bonchev–Trinajstić information content (AvgIpc) is 3.26. The number of rotatable bonds is 5. The normalized spacial score (nSPS) is 15.7. The van der Waals surface area contributed by atoms with E-state index in [0.717, 1.165) is 10.8 Å². The van der Waals surface area contributed by atoms with Crippen LogP contribution in [0.1, 0.15) is 36.6 Å². The number of aliphatic hydroxyl groups excluding tert-OH is 1. The summed E-state index contributed by atoms with van der Waals surface area (Å²) >= 11 is 0. The molecule has 0 bridgehead atoms. The minimum atomic E-state index is -0.251. The maximum absolute atomic E-state index is 12.7. The largest absolute Gasteiger partial charge is 0.507 e. The van der Waals surface area contributed by atoms with Gasteiger partial charge < -0.3 is 5.11 Å². The summed E-state index contributed by atoms with van der Waals surface area (Å²) in [5, 5.41) is 12.5. The number of Topliss-reactive ketones (excluding diaryl/α,β-unsaturated/α-hetero) is 3. The van der Waals surface area contributed by atoms with Gasteiger partial charge in [-0.15, -0.1) is 0 Å². The number of aliphatic hydroxyl groups is 1. The van der Waals surface area contributed by atoms with Crippen LogP contribution in [0.15, 0.2) is 126 Å². The Labute approximate surface area is 202 Å². The van der Waals surface area contributed by atoms with Crippen LogP contribution in [0, 0.1) is 0 Å². The van der Waals surface area contributed by atoms with Crippen molar-refractivity contribution in [2.45, 2.75) is 0 Å². The summed E-state index contributed by atoms with van der Waals surface area (Å²) in [4.78, 5) is 37.4. The molecule has 168 valence electrons. The second kappa shape index (κ2) is 9.20. The van der Waals surface area contributed by atoms with Crippen LogP contribution in [0.5, 0.6) is 0 Å². The molecule has 35 heavy (non-hydrogen) atoms. The van der Waals surface area contributed by atoms with E-state index in [-0.39, 0.29) is 34.3 Å². The summed E-state index contributed by atoms with van der Waals surface area (Å²) in [6, 6.07) is 18.2. The third-order valence-corrected chi connectivity index (χ3v) is 5.98. The second-order valence-electron chi connectivity index (χ2n) is 8.13. The van der Waals surface area contributed by atoms with E-state index in [4.69, 9.17) is 0 Å². The van der Waals surface area contributed by atoms with Gasteiger partial charge in [-0.2, -0.15) is 0 Å². The molecule has 1 N–H and O–H groups in total. The Hall–Kier alpha value is -4.83. The molecule has 4 heteroatoms. The summed E-state index contributed by atoms with van der Waals surface area (Å²) in [6.07, 6.45) is 15.3. The fraction of sp³-hybridized carbons (Fsp3) is 0. The van der Waals surface area contributed by atoms with Gasteiger partial charge in [-0.05, 0) is 35.1 Å². The smallest absolute Gasteiger partial charge is 0.197 e. The fourth-order valence-corrected chi connectivity index (χ4v) is 4.22. The molecule has 0 radical (unpaired) electrons. The summed E-state index contributed by atoms with van der Waals surface area (Å²) < 4.78 is 0. The first-order valence-corrected chi connectivity index (χ1v) is 11.1. The lowest BCUT2D eigenvalue weighted by atomic mass is 10.0. The Kier molecular flexibility index (Phi) is 5.78. The molecule has 0 aliphatic heterocycles. The Morgan fingerprint density at radius 3 is 1.69 bits per heavy atom. The molecule has 4 nitrogen and oxygen atoms in total. The zero-order chi connectivity index (χ0) is 24.4. The molecule has 0 amide bonds. The molecule has 2 aliphatic rings. The van der Waals surface area contributed by atoms with Crippen LogP contribution in [-0.2, 0) is 0 Å². The molecule has 3 aromatic carbocycles. The van der Waals surface area contributed by atoms with E-state index in [1.807, 2.05) is 36.4 Å². The van der Waals surface area contributed by atoms with Crippen molar-refractivity contribution in [2.24, 2.45) is 0 Å². The average molecular weight is 456 g/mol. The zero-order valence-corrected chi connectivity index (χ0v) is 18.6. The highest BCUT2D eigenvalue weighted by Crippen LogP contribution is 2.34.